The fraction of sp³-hybridized carbons (Fsp3) is 0.562. The van der Waals surface area contributed by atoms with Gasteiger partial charge in [0.1, 0.15) is 6.10 Å². The Kier molecular flexibility index (Phi) is 5.15. The quantitative estimate of drug-likeness (QED) is 0.773. The van der Waals surface area contributed by atoms with Crippen molar-refractivity contribution >= 4 is 5.97 Å². The van der Waals surface area contributed by atoms with Gasteiger partial charge in [-0.25, -0.2) is 4.79 Å². The normalized spacial score (nSPS) is 19.5. The molecule has 0 spiro atoms. The highest BCUT2D eigenvalue weighted by atomic mass is 16.6. The Balaban J connectivity index is 1.97. The molecule has 0 saturated heterocycles. The van der Waals surface area contributed by atoms with Gasteiger partial charge < -0.3 is 14.4 Å². The molecular formula is C16H23NO3. The smallest absolute Gasteiger partial charge is 0.340 e. The van der Waals surface area contributed by atoms with Gasteiger partial charge in [-0.3, -0.25) is 0 Å². The molecular weight excluding hydrogens is 254 g/mol. The molecule has 2 rings (SSSR count). The van der Waals surface area contributed by atoms with E-state index in [1.54, 1.807) is 0 Å². The third kappa shape index (κ3) is 3.81. The van der Waals surface area contributed by atoms with E-state index in [4.69, 9.17) is 9.47 Å². The summed E-state index contributed by atoms with van der Waals surface area (Å²) in [5.74, 6) is -0.275. The summed E-state index contributed by atoms with van der Waals surface area (Å²) in [7, 11) is 4.02. The first-order valence-electron chi connectivity index (χ1n) is 7.12. The van der Waals surface area contributed by atoms with E-state index >= 15 is 0 Å². The molecule has 0 aromatic heterocycles. The second kappa shape index (κ2) is 6.86. The Morgan fingerprint density at radius 3 is 2.95 bits per heavy atom. The molecule has 0 N–H and O–H groups in total. The van der Waals surface area contributed by atoms with Gasteiger partial charge >= 0.3 is 5.97 Å². The summed E-state index contributed by atoms with van der Waals surface area (Å²) in [4.78, 5) is 14.3. The molecule has 4 nitrogen and oxygen atoms in total. The lowest BCUT2D eigenvalue weighted by molar-refractivity contribution is -0.163. The lowest BCUT2D eigenvalue weighted by atomic mass is 9.98. The Hall–Kier alpha value is -1.39. The van der Waals surface area contributed by atoms with Gasteiger partial charge in [-0.15, -0.1) is 0 Å². The Morgan fingerprint density at radius 2 is 2.20 bits per heavy atom. The summed E-state index contributed by atoms with van der Waals surface area (Å²) in [6.45, 7) is 3.40. The van der Waals surface area contributed by atoms with E-state index in [9.17, 15) is 4.79 Å². The molecule has 1 aromatic carbocycles. The zero-order valence-electron chi connectivity index (χ0n) is 12.5. The summed E-state index contributed by atoms with van der Waals surface area (Å²) in [5.41, 5.74) is 2.13. The number of rotatable bonds is 5. The van der Waals surface area contributed by atoms with Crippen molar-refractivity contribution in [2.45, 2.75) is 32.0 Å². The molecule has 2 atom stereocenters. The molecule has 0 aliphatic carbocycles. The molecule has 1 aliphatic heterocycles. The number of nitrogens with zero attached hydrogens (tertiary/aromatic N) is 1. The second-order valence-corrected chi connectivity index (χ2v) is 5.54. The topological polar surface area (TPSA) is 38.8 Å². The summed E-state index contributed by atoms with van der Waals surface area (Å²) in [5, 5.41) is 0. The molecule has 110 valence electrons. The predicted octanol–water partition coefficient (Wildman–Crippen LogP) is 2.18. The minimum atomic E-state index is -0.568. The zero-order valence-corrected chi connectivity index (χ0v) is 12.5. The molecule has 1 aliphatic rings. The van der Waals surface area contributed by atoms with Crippen LogP contribution in [0.1, 0.15) is 30.6 Å². The minimum absolute atomic E-state index is 0.0948. The number of ether oxygens (including phenoxy) is 2. The van der Waals surface area contributed by atoms with Crippen molar-refractivity contribution in [2.24, 2.45) is 0 Å². The van der Waals surface area contributed by atoms with Gasteiger partial charge in [-0.05, 0) is 45.0 Å². The highest BCUT2D eigenvalue weighted by Gasteiger charge is 2.29. The molecule has 1 aromatic rings. The Labute approximate surface area is 120 Å². The molecule has 0 fully saturated rings. The number of hydrogen-bond donors (Lipinski definition) is 0. The molecule has 0 bridgehead atoms. The number of fused-ring (bicyclic) bond motifs is 1. The maximum Gasteiger partial charge on any atom is 0.340 e. The Bertz CT molecular complexity index is 459. The van der Waals surface area contributed by atoms with E-state index in [0.29, 0.717) is 6.61 Å². The van der Waals surface area contributed by atoms with Crippen LogP contribution < -0.4 is 0 Å². The zero-order chi connectivity index (χ0) is 14.5. The summed E-state index contributed by atoms with van der Waals surface area (Å²) < 4.78 is 11.1. The van der Waals surface area contributed by atoms with Crippen LogP contribution in [0.4, 0.5) is 0 Å². The highest BCUT2D eigenvalue weighted by Crippen LogP contribution is 2.28. The van der Waals surface area contributed by atoms with Crippen LogP contribution in [0.3, 0.4) is 0 Å². The van der Waals surface area contributed by atoms with Crippen LogP contribution in [-0.4, -0.2) is 44.2 Å². The van der Waals surface area contributed by atoms with Gasteiger partial charge in [0.25, 0.3) is 0 Å². The maximum atomic E-state index is 12.3. The maximum absolute atomic E-state index is 12.3. The van der Waals surface area contributed by atoms with Gasteiger partial charge in [0.05, 0.1) is 6.61 Å². The molecule has 4 heteroatoms. The van der Waals surface area contributed by atoms with Crippen LogP contribution in [0.25, 0.3) is 0 Å². The average Bonchev–Trinajstić information content (AvgIpc) is 2.44. The lowest BCUT2D eigenvalue weighted by Crippen LogP contribution is -2.29. The standard InChI is InChI=1S/C16H23NO3/c1-12(8-10-17(2)3)20-16(18)15-14-7-5-4-6-13(14)9-11-19-15/h4-7,12,15H,8-11H2,1-3H3. The summed E-state index contributed by atoms with van der Waals surface area (Å²) >= 11 is 0. The predicted molar refractivity (Wildman–Crippen MR) is 77.6 cm³/mol. The molecule has 2 unspecified atom stereocenters. The van der Waals surface area contributed by atoms with Gasteiger partial charge in [0.15, 0.2) is 6.10 Å². The van der Waals surface area contributed by atoms with E-state index in [1.165, 1.54) is 5.56 Å². The molecule has 0 radical (unpaired) electrons. The third-order valence-corrected chi connectivity index (χ3v) is 3.51. The van der Waals surface area contributed by atoms with Gasteiger partial charge in [0, 0.05) is 6.54 Å². The lowest BCUT2D eigenvalue weighted by Gasteiger charge is -2.26. The number of benzene rings is 1. The van der Waals surface area contributed by atoms with Crippen LogP contribution in [0.2, 0.25) is 0 Å². The van der Waals surface area contributed by atoms with Crippen molar-refractivity contribution in [3.05, 3.63) is 35.4 Å². The first-order valence-corrected chi connectivity index (χ1v) is 7.12. The fourth-order valence-electron chi connectivity index (χ4n) is 2.35. The third-order valence-electron chi connectivity index (χ3n) is 3.51. The molecule has 0 amide bonds. The van der Waals surface area contributed by atoms with Gasteiger partial charge in [-0.2, -0.15) is 0 Å². The van der Waals surface area contributed by atoms with E-state index in [-0.39, 0.29) is 12.1 Å². The first kappa shape index (κ1) is 15.0. The van der Waals surface area contributed by atoms with Crippen LogP contribution >= 0.6 is 0 Å². The van der Waals surface area contributed by atoms with Crippen molar-refractivity contribution in [1.82, 2.24) is 4.90 Å². The van der Waals surface area contributed by atoms with Crippen molar-refractivity contribution < 1.29 is 14.3 Å². The monoisotopic (exact) mass is 277 g/mol. The fourth-order valence-corrected chi connectivity index (χ4v) is 2.35. The van der Waals surface area contributed by atoms with Crippen LogP contribution in [0, 0.1) is 0 Å². The van der Waals surface area contributed by atoms with Crippen LogP contribution in [0.5, 0.6) is 0 Å². The summed E-state index contributed by atoms with van der Waals surface area (Å²) in [6, 6.07) is 7.92. The Morgan fingerprint density at radius 1 is 1.45 bits per heavy atom. The number of carbonyl (C=O) groups excluding carboxylic acids is 1. The SMILES string of the molecule is CC(CCN(C)C)OC(=O)C1OCCc2ccccc21. The highest BCUT2D eigenvalue weighted by molar-refractivity contribution is 5.77. The van der Waals surface area contributed by atoms with E-state index in [0.717, 1.165) is 24.9 Å². The number of hydrogen-bond acceptors (Lipinski definition) is 4. The largest absolute Gasteiger partial charge is 0.460 e. The molecule has 1 heterocycles. The average molecular weight is 277 g/mol. The van der Waals surface area contributed by atoms with Crippen LogP contribution in [0.15, 0.2) is 24.3 Å². The minimum Gasteiger partial charge on any atom is -0.460 e. The molecule has 20 heavy (non-hydrogen) atoms. The number of esters is 1. The summed E-state index contributed by atoms with van der Waals surface area (Å²) in [6.07, 6.45) is 1.02. The van der Waals surface area contributed by atoms with E-state index < -0.39 is 6.10 Å². The molecule has 0 saturated carbocycles. The van der Waals surface area contributed by atoms with Crippen molar-refractivity contribution in [2.75, 3.05) is 27.2 Å². The van der Waals surface area contributed by atoms with Gasteiger partial charge in [-0.1, -0.05) is 24.3 Å². The van der Waals surface area contributed by atoms with E-state index in [2.05, 4.69) is 4.90 Å². The van der Waals surface area contributed by atoms with Crippen molar-refractivity contribution in [3.8, 4) is 0 Å². The first-order chi connectivity index (χ1) is 9.58. The van der Waals surface area contributed by atoms with Crippen LogP contribution in [-0.2, 0) is 20.7 Å². The van der Waals surface area contributed by atoms with Crippen molar-refractivity contribution in [3.63, 3.8) is 0 Å². The second-order valence-electron chi connectivity index (χ2n) is 5.54. The van der Waals surface area contributed by atoms with Gasteiger partial charge in [0.2, 0.25) is 0 Å². The van der Waals surface area contributed by atoms with E-state index in [1.807, 2.05) is 45.3 Å². The van der Waals surface area contributed by atoms with Crippen molar-refractivity contribution in [1.29, 1.82) is 0 Å². The number of carbonyl (C=O) groups is 1.